The molecule has 0 aliphatic rings. The van der Waals surface area contributed by atoms with E-state index in [1.54, 1.807) is 6.08 Å². The average Bonchev–Trinajstić information content (AvgIpc) is 2.42. The Hall–Kier alpha value is -1.40. The highest BCUT2D eigenvalue weighted by atomic mass is 19.4. The molecule has 0 unspecified atom stereocenters. The molecule has 0 bridgehead atoms. The molecule has 0 fully saturated rings. The fourth-order valence-electron chi connectivity index (χ4n) is 1.73. The fourth-order valence-corrected chi connectivity index (χ4v) is 1.73. The molecular weight excluding hydrogens is 319 g/mol. The summed E-state index contributed by atoms with van der Waals surface area (Å²) in [4.78, 5) is 10.5. The topological polar surface area (TPSA) is 26.3 Å². The van der Waals surface area contributed by atoms with E-state index in [4.69, 9.17) is 4.74 Å². The van der Waals surface area contributed by atoms with E-state index in [9.17, 15) is 26.7 Å². The summed E-state index contributed by atoms with van der Waals surface area (Å²) in [6.45, 7) is 1.81. The van der Waals surface area contributed by atoms with Crippen molar-refractivity contribution in [1.82, 2.24) is 0 Å². The van der Waals surface area contributed by atoms with Crippen LogP contribution in [0, 0.1) is 0 Å². The largest absolute Gasteiger partial charge is 0.466 e. The van der Waals surface area contributed by atoms with Crippen LogP contribution in [0.5, 0.6) is 0 Å². The van der Waals surface area contributed by atoms with E-state index in [2.05, 4.69) is 0 Å². The smallest absolute Gasteiger partial charge is 0.457 e. The lowest BCUT2D eigenvalue weighted by Crippen LogP contribution is -2.33. The van der Waals surface area contributed by atoms with Gasteiger partial charge < -0.3 is 4.74 Å². The van der Waals surface area contributed by atoms with Crippen LogP contribution in [0.4, 0.5) is 22.0 Å². The molecule has 0 aromatic heterocycles. The van der Waals surface area contributed by atoms with Gasteiger partial charge in [0.25, 0.3) is 0 Å². The lowest BCUT2D eigenvalue weighted by Gasteiger charge is -2.14. The third-order valence-corrected chi connectivity index (χ3v) is 3.00. The molecule has 0 saturated carbocycles. The first-order chi connectivity index (χ1) is 10.7. The van der Waals surface area contributed by atoms with Crippen molar-refractivity contribution in [2.75, 3.05) is 6.61 Å². The standard InChI is InChI=1S/C16H23F5O2/c1-14(22)23-13-11-9-7-5-3-2-4-6-8-10-12-15(17,18)16(19,20)21/h6,8,10,12H,2-5,7,9,11,13H2,1H3/b8-6+,12-10+. The first-order valence-electron chi connectivity index (χ1n) is 7.59. The molecule has 0 rings (SSSR count). The van der Waals surface area contributed by atoms with Crippen molar-refractivity contribution < 1.29 is 31.5 Å². The molecule has 0 aromatic rings. The SMILES string of the molecule is CC(=O)OCCCCCCCC/C=C/C=C/C(F)(F)C(F)(F)F. The molecule has 0 N–H and O–H groups in total. The Labute approximate surface area is 133 Å². The van der Waals surface area contributed by atoms with Crippen molar-refractivity contribution in [2.24, 2.45) is 0 Å². The van der Waals surface area contributed by atoms with E-state index in [0.717, 1.165) is 44.6 Å². The number of rotatable bonds is 11. The second-order valence-corrected chi connectivity index (χ2v) is 5.16. The predicted octanol–water partition coefficient (Wildman–Crippen LogP) is 5.59. The Kier molecular flexibility index (Phi) is 10.5. The van der Waals surface area contributed by atoms with Crippen LogP contribution in [0.25, 0.3) is 0 Å². The van der Waals surface area contributed by atoms with Crippen LogP contribution in [-0.2, 0) is 9.53 Å². The Morgan fingerprint density at radius 3 is 2.04 bits per heavy atom. The normalized spacial score (nSPS) is 13.1. The second kappa shape index (κ2) is 11.2. The van der Waals surface area contributed by atoms with Gasteiger partial charge in [-0.1, -0.05) is 43.9 Å². The van der Waals surface area contributed by atoms with Crippen LogP contribution in [-0.4, -0.2) is 24.7 Å². The first kappa shape index (κ1) is 21.6. The minimum atomic E-state index is -5.55. The van der Waals surface area contributed by atoms with Crippen molar-refractivity contribution in [3.8, 4) is 0 Å². The van der Waals surface area contributed by atoms with Crippen molar-refractivity contribution in [2.45, 2.75) is 64.0 Å². The second-order valence-electron chi connectivity index (χ2n) is 5.16. The van der Waals surface area contributed by atoms with E-state index in [0.29, 0.717) is 13.0 Å². The maximum atomic E-state index is 12.5. The summed E-state index contributed by atoms with van der Waals surface area (Å²) in [5, 5.41) is 0. The first-order valence-corrected chi connectivity index (χ1v) is 7.59. The summed E-state index contributed by atoms with van der Waals surface area (Å²) in [5.74, 6) is -5.07. The minimum absolute atomic E-state index is 0.146. The zero-order valence-electron chi connectivity index (χ0n) is 13.2. The molecule has 134 valence electrons. The van der Waals surface area contributed by atoms with Crippen molar-refractivity contribution >= 4 is 5.97 Å². The number of alkyl halides is 5. The van der Waals surface area contributed by atoms with Crippen molar-refractivity contribution in [3.05, 3.63) is 24.3 Å². The predicted molar refractivity (Wildman–Crippen MR) is 78.2 cm³/mol. The molecular formula is C16H23F5O2. The van der Waals surface area contributed by atoms with Gasteiger partial charge in [0.05, 0.1) is 6.61 Å². The summed E-state index contributed by atoms with van der Waals surface area (Å²) >= 11 is 0. The van der Waals surface area contributed by atoms with Gasteiger partial charge in [0.1, 0.15) is 0 Å². The number of allylic oxidation sites excluding steroid dienone is 4. The van der Waals surface area contributed by atoms with Crippen molar-refractivity contribution in [3.63, 3.8) is 0 Å². The number of carbonyl (C=O) groups excluding carboxylic acids is 1. The number of esters is 1. The molecule has 2 nitrogen and oxygen atoms in total. The van der Waals surface area contributed by atoms with Gasteiger partial charge in [0, 0.05) is 6.92 Å². The zero-order valence-corrected chi connectivity index (χ0v) is 13.2. The molecule has 0 heterocycles. The molecule has 7 heteroatoms. The number of carbonyl (C=O) groups is 1. The fraction of sp³-hybridized carbons (Fsp3) is 0.688. The number of halogens is 5. The molecule has 0 amide bonds. The van der Waals surface area contributed by atoms with Gasteiger partial charge in [0.15, 0.2) is 0 Å². The molecule has 0 saturated heterocycles. The highest BCUT2D eigenvalue weighted by Crippen LogP contribution is 2.36. The highest BCUT2D eigenvalue weighted by molar-refractivity contribution is 5.65. The molecule has 0 aliphatic heterocycles. The van der Waals surface area contributed by atoms with Crippen LogP contribution in [0.15, 0.2) is 24.3 Å². The molecule has 0 radical (unpaired) electrons. The molecule has 0 aliphatic carbocycles. The monoisotopic (exact) mass is 342 g/mol. The molecule has 23 heavy (non-hydrogen) atoms. The van der Waals surface area contributed by atoms with Gasteiger partial charge in [-0.2, -0.15) is 22.0 Å². The van der Waals surface area contributed by atoms with Gasteiger partial charge >= 0.3 is 18.1 Å². The Morgan fingerprint density at radius 1 is 0.913 bits per heavy atom. The van der Waals surface area contributed by atoms with E-state index in [1.165, 1.54) is 13.0 Å². The van der Waals surface area contributed by atoms with E-state index in [-0.39, 0.29) is 12.0 Å². The number of hydrogen-bond acceptors (Lipinski definition) is 2. The van der Waals surface area contributed by atoms with Crippen LogP contribution in [0.1, 0.15) is 51.9 Å². The number of ether oxygens (including phenoxy) is 1. The summed E-state index contributed by atoms with van der Waals surface area (Å²) in [7, 11) is 0. The highest BCUT2D eigenvalue weighted by Gasteiger charge is 2.55. The maximum Gasteiger partial charge on any atom is 0.457 e. The summed E-state index contributed by atoms with van der Waals surface area (Å²) in [5.41, 5.74) is 0. The quantitative estimate of drug-likeness (QED) is 0.212. The van der Waals surface area contributed by atoms with Gasteiger partial charge in [-0.15, -0.1) is 0 Å². The third-order valence-electron chi connectivity index (χ3n) is 3.00. The van der Waals surface area contributed by atoms with Crippen LogP contribution >= 0.6 is 0 Å². The van der Waals surface area contributed by atoms with E-state index >= 15 is 0 Å². The molecule has 0 aromatic carbocycles. The van der Waals surface area contributed by atoms with Gasteiger partial charge in [-0.3, -0.25) is 4.79 Å². The third kappa shape index (κ3) is 11.8. The lowest BCUT2D eigenvalue weighted by molar-refractivity contribution is -0.259. The minimum Gasteiger partial charge on any atom is -0.466 e. The maximum absolute atomic E-state index is 12.5. The number of unbranched alkanes of at least 4 members (excludes halogenated alkanes) is 6. The summed E-state index contributed by atoms with van der Waals surface area (Å²) in [6.07, 6.45) is 4.08. The van der Waals surface area contributed by atoms with Gasteiger partial charge in [-0.25, -0.2) is 0 Å². The Bertz CT molecular complexity index is 386. The molecule has 0 atom stereocenters. The lowest BCUT2D eigenvalue weighted by atomic mass is 10.1. The van der Waals surface area contributed by atoms with Crippen LogP contribution in [0.2, 0.25) is 0 Å². The number of hydrogen-bond donors (Lipinski definition) is 0. The van der Waals surface area contributed by atoms with Crippen molar-refractivity contribution in [1.29, 1.82) is 0 Å². The van der Waals surface area contributed by atoms with Crippen LogP contribution < -0.4 is 0 Å². The summed E-state index contributed by atoms with van der Waals surface area (Å²) < 4.78 is 65.3. The zero-order chi connectivity index (χ0) is 17.8. The van der Waals surface area contributed by atoms with E-state index in [1.807, 2.05) is 0 Å². The molecule has 0 spiro atoms. The van der Waals surface area contributed by atoms with E-state index < -0.39 is 12.1 Å². The Balaban J connectivity index is 3.57. The summed E-state index contributed by atoms with van der Waals surface area (Å²) in [6, 6.07) is 0. The van der Waals surface area contributed by atoms with Gasteiger partial charge in [0.2, 0.25) is 0 Å². The Morgan fingerprint density at radius 2 is 1.48 bits per heavy atom. The van der Waals surface area contributed by atoms with Crippen LogP contribution in [0.3, 0.4) is 0 Å². The van der Waals surface area contributed by atoms with Gasteiger partial charge in [-0.05, 0) is 25.3 Å². The average molecular weight is 342 g/mol.